The molecule has 4 rings (SSSR count). The van der Waals surface area contributed by atoms with E-state index in [1.54, 1.807) is 11.0 Å². The van der Waals surface area contributed by atoms with Crippen molar-refractivity contribution in [2.24, 2.45) is 0 Å². The number of alkyl halides is 1. The zero-order chi connectivity index (χ0) is 22.8. The summed E-state index contributed by atoms with van der Waals surface area (Å²) in [6.45, 7) is -0.321. The van der Waals surface area contributed by atoms with Gasteiger partial charge in [-0.25, -0.2) is 18.0 Å². The number of likely N-dealkylation sites (tertiary alicyclic amines) is 1. The number of rotatable bonds is 5. The molecule has 3 atom stereocenters. The number of urea groups is 1. The van der Waals surface area contributed by atoms with Gasteiger partial charge in [0.15, 0.2) is 0 Å². The Morgan fingerprint density at radius 2 is 1.94 bits per heavy atom. The first-order valence-electron chi connectivity index (χ1n) is 10.6. The Hall–Kier alpha value is -2.84. The molecule has 2 aliphatic heterocycles. The van der Waals surface area contributed by atoms with Crippen LogP contribution in [0.15, 0.2) is 54.6 Å². The van der Waals surface area contributed by atoms with Crippen molar-refractivity contribution in [3.63, 3.8) is 0 Å². The molecule has 2 heterocycles. The van der Waals surface area contributed by atoms with Crippen LogP contribution in [0.5, 0.6) is 0 Å². The van der Waals surface area contributed by atoms with Gasteiger partial charge in [0.25, 0.3) is 0 Å². The third kappa shape index (κ3) is 4.25. The van der Waals surface area contributed by atoms with Gasteiger partial charge in [-0.2, -0.15) is 0 Å². The maximum atomic E-state index is 14.4. The number of para-hydroxylation sites is 1. The highest BCUT2D eigenvalue weighted by atomic mass is 19.1. The van der Waals surface area contributed by atoms with Gasteiger partial charge in [-0.05, 0) is 49.4 Å². The molecular formula is C24H26F3N3O2. The summed E-state index contributed by atoms with van der Waals surface area (Å²) < 4.78 is 41.5. The molecule has 170 valence electrons. The Morgan fingerprint density at radius 3 is 2.59 bits per heavy atom. The minimum absolute atomic E-state index is 0.0306. The van der Waals surface area contributed by atoms with E-state index in [0.717, 1.165) is 18.2 Å². The number of aliphatic hydroxyl groups is 1. The molecule has 0 aromatic heterocycles. The van der Waals surface area contributed by atoms with Crippen LogP contribution in [0.2, 0.25) is 0 Å². The number of amides is 2. The van der Waals surface area contributed by atoms with Crippen LogP contribution in [0, 0.1) is 11.6 Å². The number of carbonyl (C=O) groups excluding carboxylic acids is 1. The number of likely N-dealkylation sites (N-methyl/N-ethyl adjacent to an activating group) is 1. The van der Waals surface area contributed by atoms with Crippen LogP contribution < -0.4 is 4.90 Å². The smallest absolute Gasteiger partial charge is 0.325 e. The van der Waals surface area contributed by atoms with Gasteiger partial charge < -0.3 is 10.0 Å². The number of hydrogen-bond acceptors (Lipinski definition) is 3. The molecule has 32 heavy (non-hydrogen) atoms. The van der Waals surface area contributed by atoms with Crippen LogP contribution in [0.1, 0.15) is 12.0 Å². The van der Waals surface area contributed by atoms with Gasteiger partial charge in [-0.15, -0.1) is 0 Å². The summed E-state index contributed by atoms with van der Waals surface area (Å²) in [6.07, 6.45) is 2.08. The lowest BCUT2D eigenvalue weighted by Gasteiger charge is -2.35. The predicted octanol–water partition coefficient (Wildman–Crippen LogP) is 3.69. The van der Waals surface area contributed by atoms with E-state index < -0.39 is 24.4 Å². The molecule has 0 saturated carbocycles. The molecule has 2 aliphatic rings. The third-order valence-corrected chi connectivity index (χ3v) is 6.29. The average Bonchev–Trinajstić information content (AvgIpc) is 3.39. The highest BCUT2D eigenvalue weighted by Crippen LogP contribution is 2.32. The fraction of sp³-hybridized carbons (Fsp3) is 0.375. The van der Waals surface area contributed by atoms with Crippen molar-refractivity contribution in [2.75, 3.05) is 38.3 Å². The number of halogens is 3. The maximum Gasteiger partial charge on any atom is 0.325 e. The molecule has 0 aliphatic carbocycles. The average molecular weight is 445 g/mol. The highest BCUT2D eigenvalue weighted by molar-refractivity contribution is 5.95. The Morgan fingerprint density at radius 1 is 1.19 bits per heavy atom. The molecule has 1 N–H and O–H groups in total. The minimum atomic E-state index is -0.678. The Labute approximate surface area is 185 Å². The zero-order valence-corrected chi connectivity index (χ0v) is 17.8. The summed E-state index contributed by atoms with van der Waals surface area (Å²) in [5, 5.41) is 9.93. The molecule has 5 nitrogen and oxygen atoms in total. The van der Waals surface area contributed by atoms with Crippen molar-refractivity contribution in [3.05, 3.63) is 71.8 Å². The number of nitrogens with zero attached hydrogens (tertiary/aromatic N) is 3. The van der Waals surface area contributed by atoms with E-state index in [1.165, 1.54) is 4.90 Å². The third-order valence-electron chi connectivity index (χ3n) is 6.29. The summed E-state index contributed by atoms with van der Waals surface area (Å²) in [5.41, 5.74) is 1.17. The fourth-order valence-corrected chi connectivity index (χ4v) is 4.58. The van der Waals surface area contributed by atoms with E-state index >= 15 is 0 Å². The van der Waals surface area contributed by atoms with Crippen molar-refractivity contribution in [3.8, 4) is 0 Å². The van der Waals surface area contributed by atoms with Crippen molar-refractivity contribution in [1.29, 1.82) is 0 Å². The van der Waals surface area contributed by atoms with Gasteiger partial charge in [-0.3, -0.25) is 9.80 Å². The molecule has 1 fully saturated rings. The molecule has 0 radical (unpaired) electrons. The standard InChI is InChI=1S/C24H26F3N3O2/c1-28-14-20(11-19(28)12-25)30(18-5-3-2-4-6-18)24(32)29-13-16(9-21(29)15-31)22-10-17(26)7-8-23(22)27/h2-10,19-21,31H,11-15H2,1H3/t19-,20+,21+/m1/s1. The Kier molecular flexibility index (Phi) is 6.53. The first-order chi connectivity index (χ1) is 15.4. The van der Waals surface area contributed by atoms with Crippen molar-refractivity contribution in [1.82, 2.24) is 9.80 Å². The van der Waals surface area contributed by atoms with Gasteiger partial charge in [0.1, 0.15) is 18.3 Å². The van der Waals surface area contributed by atoms with Gasteiger partial charge >= 0.3 is 6.03 Å². The summed E-state index contributed by atoms with van der Waals surface area (Å²) in [4.78, 5) is 18.7. The van der Waals surface area contributed by atoms with Gasteiger partial charge in [0.2, 0.25) is 0 Å². The summed E-state index contributed by atoms with van der Waals surface area (Å²) in [6, 6.07) is 10.7. The summed E-state index contributed by atoms with van der Waals surface area (Å²) in [7, 11) is 1.83. The number of anilines is 1. The molecular weight excluding hydrogens is 419 g/mol. The Bertz CT molecular complexity index is 1000. The molecule has 0 spiro atoms. The first kappa shape index (κ1) is 22.4. The topological polar surface area (TPSA) is 47.0 Å². The van der Waals surface area contributed by atoms with Crippen LogP contribution in [0.4, 0.5) is 23.7 Å². The van der Waals surface area contributed by atoms with Crippen molar-refractivity contribution in [2.45, 2.75) is 24.5 Å². The quantitative estimate of drug-likeness (QED) is 0.764. The van der Waals surface area contributed by atoms with Crippen LogP contribution in [0.3, 0.4) is 0 Å². The van der Waals surface area contributed by atoms with Crippen LogP contribution in [-0.4, -0.2) is 72.5 Å². The molecule has 2 aromatic carbocycles. The monoisotopic (exact) mass is 445 g/mol. The molecule has 1 saturated heterocycles. The van der Waals surface area contributed by atoms with Crippen LogP contribution >= 0.6 is 0 Å². The van der Waals surface area contributed by atoms with Crippen molar-refractivity contribution >= 4 is 17.3 Å². The molecule has 2 aromatic rings. The zero-order valence-electron chi connectivity index (χ0n) is 17.8. The first-order valence-corrected chi connectivity index (χ1v) is 10.6. The predicted molar refractivity (Wildman–Crippen MR) is 117 cm³/mol. The largest absolute Gasteiger partial charge is 0.394 e. The number of carbonyl (C=O) groups is 1. The molecule has 0 unspecified atom stereocenters. The number of benzene rings is 2. The highest BCUT2D eigenvalue weighted by Gasteiger charge is 2.40. The fourth-order valence-electron chi connectivity index (χ4n) is 4.58. The van der Waals surface area contributed by atoms with Gasteiger partial charge in [-0.1, -0.05) is 24.3 Å². The summed E-state index contributed by atoms with van der Waals surface area (Å²) in [5.74, 6) is -1.17. The van der Waals surface area contributed by atoms with E-state index in [9.17, 15) is 23.1 Å². The lowest BCUT2D eigenvalue weighted by atomic mass is 10.1. The normalized spacial score (nSPS) is 23.5. The maximum absolute atomic E-state index is 14.4. The van der Waals surface area contributed by atoms with E-state index in [-0.39, 0.29) is 36.8 Å². The molecule has 8 heteroatoms. The van der Waals surface area contributed by atoms with Crippen LogP contribution in [0.25, 0.3) is 5.57 Å². The second-order valence-corrected chi connectivity index (χ2v) is 8.32. The lowest BCUT2D eigenvalue weighted by molar-refractivity contribution is 0.170. The molecule has 2 amide bonds. The number of hydrogen-bond donors (Lipinski definition) is 1. The van der Waals surface area contributed by atoms with E-state index in [1.807, 2.05) is 42.3 Å². The molecule has 0 bridgehead atoms. The van der Waals surface area contributed by atoms with Gasteiger partial charge in [0, 0.05) is 30.4 Å². The van der Waals surface area contributed by atoms with Gasteiger partial charge in [0.05, 0.1) is 18.7 Å². The summed E-state index contributed by atoms with van der Waals surface area (Å²) >= 11 is 0. The number of aliphatic hydroxyl groups excluding tert-OH is 1. The van der Waals surface area contributed by atoms with Crippen molar-refractivity contribution < 1.29 is 23.1 Å². The minimum Gasteiger partial charge on any atom is -0.394 e. The van der Waals surface area contributed by atoms with E-state index in [2.05, 4.69) is 0 Å². The van der Waals surface area contributed by atoms with Crippen LogP contribution in [-0.2, 0) is 0 Å². The Balaban J connectivity index is 1.64. The lowest BCUT2D eigenvalue weighted by Crippen LogP contribution is -2.52. The second kappa shape index (κ2) is 9.34. The second-order valence-electron chi connectivity index (χ2n) is 8.32. The van der Waals surface area contributed by atoms with E-state index in [4.69, 9.17) is 0 Å². The SMILES string of the molecule is CN1C[C@@H](N(C(=O)N2CC(c3cc(F)ccc3F)=C[C@H]2CO)c2ccccc2)C[C@@H]1CF. The van der Waals surface area contributed by atoms with E-state index in [0.29, 0.717) is 24.2 Å².